The van der Waals surface area contributed by atoms with Crippen LogP contribution in [-0.2, 0) is 10.0 Å². The summed E-state index contributed by atoms with van der Waals surface area (Å²) in [5, 5.41) is 13.5. The van der Waals surface area contributed by atoms with Gasteiger partial charge in [0.05, 0.1) is 30.2 Å². The van der Waals surface area contributed by atoms with E-state index >= 15 is 0 Å². The molecular weight excluding hydrogens is 296 g/mol. The van der Waals surface area contributed by atoms with Crippen LogP contribution in [-0.4, -0.2) is 52.3 Å². The van der Waals surface area contributed by atoms with Gasteiger partial charge in [-0.2, -0.15) is 5.10 Å². The van der Waals surface area contributed by atoms with E-state index < -0.39 is 15.9 Å². The third-order valence-electron chi connectivity index (χ3n) is 2.97. The maximum absolute atomic E-state index is 12.3. The Morgan fingerprint density at radius 2 is 2.24 bits per heavy atom. The molecule has 0 fully saturated rings. The number of hydrogen-bond donors (Lipinski definition) is 2. The third-order valence-corrected chi connectivity index (χ3v) is 3.88. The second kappa shape index (κ2) is 5.70. The van der Waals surface area contributed by atoms with Crippen LogP contribution < -0.4 is 15.2 Å². The Kier molecular flexibility index (Phi) is 4.14. The predicted molar refractivity (Wildman–Crippen MR) is 76.7 cm³/mol. The quantitative estimate of drug-likeness (QED) is 0.768. The number of nitrogens with zero attached hydrogens (tertiary/aromatic N) is 2. The van der Waals surface area contributed by atoms with Crippen molar-refractivity contribution in [1.29, 1.82) is 0 Å². The Hall–Kier alpha value is -2.13. The number of likely N-dealkylation sites (N-methyl/N-ethyl adjacent to an activating group) is 1. The number of carbonyl (C=O) groups excluding carboxylic acids is 1. The summed E-state index contributed by atoms with van der Waals surface area (Å²) in [4.78, 5) is 12.1. The van der Waals surface area contributed by atoms with E-state index in [1.165, 1.54) is 25.3 Å². The number of nitrogens with one attached hydrogen (secondary N) is 1. The van der Waals surface area contributed by atoms with Crippen LogP contribution in [0, 0.1) is 0 Å². The van der Waals surface area contributed by atoms with E-state index in [2.05, 4.69) is 10.4 Å². The highest BCUT2D eigenvalue weighted by Gasteiger charge is 2.21. The Morgan fingerprint density at radius 3 is 2.76 bits per heavy atom. The summed E-state index contributed by atoms with van der Waals surface area (Å²) in [6.45, 7) is 0.545. The standard InChI is InChI=1S/C12H16N4O4S/c1-16-7-8(6-14-16)15-12(17)10-5-9(21(13,18)19)3-4-11(10)20-2/h3-6,8H,7H2,1-2H3,(H,15,17)(H2,13,18,19). The molecule has 2 rings (SSSR count). The van der Waals surface area contributed by atoms with Crippen molar-refractivity contribution in [2.75, 3.05) is 20.7 Å². The highest BCUT2D eigenvalue weighted by atomic mass is 32.2. The van der Waals surface area contributed by atoms with Gasteiger partial charge in [0.25, 0.3) is 5.91 Å². The van der Waals surface area contributed by atoms with Gasteiger partial charge in [0.2, 0.25) is 10.0 Å². The fraction of sp³-hybridized carbons (Fsp3) is 0.333. The zero-order valence-electron chi connectivity index (χ0n) is 11.6. The predicted octanol–water partition coefficient (Wildman–Crippen LogP) is -0.628. The highest BCUT2D eigenvalue weighted by Crippen LogP contribution is 2.22. The van der Waals surface area contributed by atoms with E-state index in [0.717, 1.165) is 0 Å². The molecule has 0 bridgehead atoms. The summed E-state index contributed by atoms with van der Waals surface area (Å²) in [6, 6.07) is 3.63. The molecule has 0 saturated heterocycles. The molecule has 114 valence electrons. The zero-order chi connectivity index (χ0) is 15.6. The lowest BCUT2D eigenvalue weighted by molar-refractivity contribution is 0.0942. The molecule has 3 N–H and O–H groups in total. The first-order chi connectivity index (χ1) is 9.81. The number of nitrogens with two attached hydrogens (primary N) is 1. The molecule has 1 aromatic carbocycles. The van der Waals surface area contributed by atoms with Crippen molar-refractivity contribution in [1.82, 2.24) is 10.3 Å². The number of carbonyl (C=O) groups is 1. The molecule has 21 heavy (non-hydrogen) atoms. The van der Waals surface area contributed by atoms with Crippen molar-refractivity contribution in [2.24, 2.45) is 10.2 Å². The average Bonchev–Trinajstić information content (AvgIpc) is 2.82. The van der Waals surface area contributed by atoms with E-state index in [-0.39, 0.29) is 22.3 Å². The Morgan fingerprint density at radius 1 is 1.52 bits per heavy atom. The van der Waals surface area contributed by atoms with Gasteiger partial charge < -0.3 is 10.1 Å². The minimum absolute atomic E-state index is 0.104. The fourth-order valence-corrected chi connectivity index (χ4v) is 2.48. The molecule has 8 nitrogen and oxygen atoms in total. The van der Waals surface area contributed by atoms with Crippen molar-refractivity contribution >= 4 is 22.1 Å². The number of rotatable bonds is 4. The maximum atomic E-state index is 12.3. The van der Waals surface area contributed by atoms with Crippen LogP contribution in [0.3, 0.4) is 0 Å². The van der Waals surface area contributed by atoms with E-state index in [0.29, 0.717) is 6.54 Å². The summed E-state index contributed by atoms with van der Waals surface area (Å²) in [7, 11) is -0.711. The topological polar surface area (TPSA) is 114 Å². The number of benzene rings is 1. The van der Waals surface area contributed by atoms with Gasteiger partial charge in [0, 0.05) is 13.3 Å². The van der Waals surface area contributed by atoms with E-state index in [1.54, 1.807) is 18.3 Å². The minimum atomic E-state index is -3.89. The summed E-state index contributed by atoms with van der Waals surface area (Å²) >= 11 is 0. The van der Waals surface area contributed by atoms with Crippen LogP contribution in [0.5, 0.6) is 5.75 Å². The van der Waals surface area contributed by atoms with Crippen LogP contribution in [0.15, 0.2) is 28.2 Å². The molecule has 1 atom stereocenters. The maximum Gasteiger partial charge on any atom is 0.255 e. The Labute approximate surface area is 122 Å². The molecule has 1 heterocycles. The SMILES string of the molecule is COc1ccc(S(N)(=O)=O)cc1C(=O)NC1C=NN(C)C1. The van der Waals surface area contributed by atoms with Gasteiger partial charge in [-0.05, 0) is 18.2 Å². The number of methoxy groups -OCH3 is 1. The summed E-state index contributed by atoms with van der Waals surface area (Å²) in [5.41, 5.74) is 0.104. The molecule has 0 radical (unpaired) electrons. The monoisotopic (exact) mass is 312 g/mol. The van der Waals surface area contributed by atoms with Crippen molar-refractivity contribution < 1.29 is 17.9 Å². The second-order valence-electron chi connectivity index (χ2n) is 4.59. The molecular formula is C12H16N4O4S. The molecule has 1 unspecified atom stereocenters. The molecule has 1 aliphatic rings. The fourth-order valence-electron chi connectivity index (χ4n) is 1.94. The van der Waals surface area contributed by atoms with Crippen LogP contribution in [0.1, 0.15) is 10.4 Å². The number of ether oxygens (including phenoxy) is 1. The van der Waals surface area contributed by atoms with E-state index in [1.807, 2.05) is 0 Å². The molecule has 0 aliphatic carbocycles. The minimum Gasteiger partial charge on any atom is -0.496 e. The van der Waals surface area contributed by atoms with Gasteiger partial charge in [-0.15, -0.1) is 0 Å². The lowest BCUT2D eigenvalue weighted by Gasteiger charge is -2.14. The number of amides is 1. The number of sulfonamides is 1. The molecule has 1 aliphatic heterocycles. The average molecular weight is 312 g/mol. The molecule has 1 aromatic rings. The van der Waals surface area contributed by atoms with Gasteiger partial charge in [-0.25, -0.2) is 13.6 Å². The van der Waals surface area contributed by atoms with Crippen molar-refractivity contribution in [3.05, 3.63) is 23.8 Å². The molecule has 9 heteroatoms. The highest BCUT2D eigenvalue weighted by molar-refractivity contribution is 7.89. The second-order valence-corrected chi connectivity index (χ2v) is 6.15. The van der Waals surface area contributed by atoms with Gasteiger partial charge in [-0.3, -0.25) is 9.80 Å². The van der Waals surface area contributed by atoms with Crippen molar-refractivity contribution in [2.45, 2.75) is 10.9 Å². The van der Waals surface area contributed by atoms with Gasteiger partial charge in [0.15, 0.2) is 0 Å². The van der Waals surface area contributed by atoms with Crippen molar-refractivity contribution in [3.63, 3.8) is 0 Å². The zero-order valence-corrected chi connectivity index (χ0v) is 12.4. The number of hydrogen-bond acceptors (Lipinski definition) is 6. The third kappa shape index (κ3) is 3.50. The summed E-state index contributed by atoms with van der Waals surface area (Å²) in [6.07, 6.45) is 1.61. The first kappa shape index (κ1) is 15.3. The van der Waals surface area contributed by atoms with E-state index in [4.69, 9.17) is 9.88 Å². The van der Waals surface area contributed by atoms with Crippen LogP contribution >= 0.6 is 0 Å². The van der Waals surface area contributed by atoms with Gasteiger partial charge >= 0.3 is 0 Å². The molecule has 1 amide bonds. The molecule has 0 aromatic heterocycles. The normalized spacial score (nSPS) is 17.9. The number of primary sulfonamides is 1. The van der Waals surface area contributed by atoms with Gasteiger partial charge in [-0.1, -0.05) is 0 Å². The van der Waals surface area contributed by atoms with Crippen LogP contribution in [0.25, 0.3) is 0 Å². The lowest BCUT2D eigenvalue weighted by atomic mass is 10.1. The largest absolute Gasteiger partial charge is 0.496 e. The molecule has 0 spiro atoms. The van der Waals surface area contributed by atoms with E-state index in [9.17, 15) is 13.2 Å². The lowest BCUT2D eigenvalue weighted by Crippen LogP contribution is -2.38. The summed E-state index contributed by atoms with van der Waals surface area (Å²) < 4.78 is 27.8. The van der Waals surface area contributed by atoms with Crippen molar-refractivity contribution in [3.8, 4) is 5.75 Å². The smallest absolute Gasteiger partial charge is 0.255 e. The molecule has 0 saturated carbocycles. The first-order valence-corrected chi connectivity index (χ1v) is 7.63. The van der Waals surface area contributed by atoms with Crippen LogP contribution in [0.4, 0.5) is 0 Å². The summed E-state index contributed by atoms with van der Waals surface area (Å²) in [5.74, 6) is -0.188. The van der Waals surface area contributed by atoms with Gasteiger partial charge in [0.1, 0.15) is 5.75 Å². The first-order valence-electron chi connectivity index (χ1n) is 6.08. The Bertz CT molecular complexity index is 686. The number of hydrazone groups is 1. The van der Waals surface area contributed by atoms with Crippen LogP contribution in [0.2, 0.25) is 0 Å². The Balaban J connectivity index is 2.28.